The van der Waals surface area contributed by atoms with Crippen LogP contribution in [0.15, 0.2) is 48.2 Å². The normalized spacial score (nSPS) is 14.3. The van der Waals surface area contributed by atoms with Gasteiger partial charge in [-0.1, -0.05) is 6.07 Å². The SMILES string of the molecule is CNCC[C@@]([SiH3])(Oc1cccn2ccnc12)c1cccs1. The van der Waals surface area contributed by atoms with E-state index < -0.39 is 0 Å². The molecule has 0 amide bonds. The molecule has 0 aliphatic carbocycles. The fourth-order valence-electron chi connectivity index (χ4n) is 2.41. The summed E-state index contributed by atoms with van der Waals surface area (Å²) in [5.74, 6) is 0.849. The van der Waals surface area contributed by atoms with Crippen molar-refractivity contribution in [2.45, 2.75) is 11.6 Å². The van der Waals surface area contributed by atoms with E-state index >= 15 is 0 Å². The number of nitrogens with zero attached hydrogens (tertiary/aromatic N) is 2. The van der Waals surface area contributed by atoms with E-state index in [0.29, 0.717) is 0 Å². The third-order valence-corrected chi connectivity index (χ3v) is 6.33. The van der Waals surface area contributed by atoms with Crippen molar-refractivity contribution in [1.29, 1.82) is 0 Å². The molecule has 110 valence electrons. The summed E-state index contributed by atoms with van der Waals surface area (Å²) in [4.78, 5) is 5.70. The van der Waals surface area contributed by atoms with Crippen molar-refractivity contribution in [2.24, 2.45) is 0 Å². The third-order valence-electron chi connectivity index (χ3n) is 3.61. The highest BCUT2D eigenvalue weighted by molar-refractivity contribution is 7.10. The molecule has 1 atom stereocenters. The predicted octanol–water partition coefficient (Wildman–Crippen LogP) is 1.60. The Bertz CT molecular complexity index is 713. The van der Waals surface area contributed by atoms with Gasteiger partial charge in [0.05, 0.1) is 10.2 Å². The van der Waals surface area contributed by atoms with Crippen molar-refractivity contribution in [3.8, 4) is 5.75 Å². The van der Waals surface area contributed by atoms with Gasteiger partial charge >= 0.3 is 0 Å². The molecule has 0 saturated heterocycles. The molecule has 4 nitrogen and oxygen atoms in total. The highest BCUT2D eigenvalue weighted by Crippen LogP contribution is 2.33. The number of ether oxygens (including phenoxy) is 1. The number of thiophene rings is 1. The Labute approximate surface area is 131 Å². The second-order valence-corrected chi connectivity index (χ2v) is 7.76. The molecule has 3 heterocycles. The van der Waals surface area contributed by atoms with Gasteiger partial charge in [-0.15, -0.1) is 11.3 Å². The molecular weight excluding hydrogens is 298 g/mol. The van der Waals surface area contributed by atoms with Gasteiger partial charge in [0.2, 0.25) is 0 Å². The van der Waals surface area contributed by atoms with Crippen LogP contribution >= 0.6 is 11.3 Å². The lowest BCUT2D eigenvalue weighted by atomic mass is 10.2. The van der Waals surface area contributed by atoms with Gasteiger partial charge in [0, 0.05) is 29.9 Å². The van der Waals surface area contributed by atoms with E-state index in [1.165, 1.54) is 4.88 Å². The number of pyridine rings is 1. The van der Waals surface area contributed by atoms with Crippen LogP contribution in [0, 0.1) is 0 Å². The van der Waals surface area contributed by atoms with Crippen molar-refractivity contribution >= 4 is 27.2 Å². The van der Waals surface area contributed by atoms with Crippen LogP contribution in [0.3, 0.4) is 0 Å². The number of hydrogen-bond donors (Lipinski definition) is 1. The standard InChI is InChI=1S/C15H19N3OSSi/c1-16-7-6-15(21,13-5-3-11-20-13)19-12-4-2-9-18-10-8-17-14(12)18/h2-5,8-11,16H,6-7H2,1,21H3/t15-/m0/s1. The fraction of sp³-hybridized carbons (Fsp3) is 0.267. The topological polar surface area (TPSA) is 38.6 Å². The quantitative estimate of drug-likeness (QED) is 0.702. The first kappa shape index (κ1) is 14.3. The molecule has 6 heteroatoms. The molecule has 3 aromatic heterocycles. The molecule has 0 radical (unpaired) electrons. The molecule has 21 heavy (non-hydrogen) atoms. The predicted molar refractivity (Wildman–Crippen MR) is 90.3 cm³/mol. The molecule has 0 spiro atoms. The van der Waals surface area contributed by atoms with Gasteiger partial charge in [0.1, 0.15) is 5.22 Å². The summed E-state index contributed by atoms with van der Waals surface area (Å²) in [6, 6.07) is 8.25. The lowest BCUT2D eigenvalue weighted by Gasteiger charge is -2.30. The lowest BCUT2D eigenvalue weighted by molar-refractivity contribution is 0.152. The number of rotatable bonds is 6. The minimum absolute atomic E-state index is 0.217. The summed E-state index contributed by atoms with van der Waals surface area (Å²) in [6.07, 6.45) is 6.69. The molecule has 1 N–H and O–H groups in total. The van der Waals surface area contributed by atoms with Crippen molar-refractivity contribution in [3.63, 3.8) is 0 Å². The molecule has 0 aromatic carbocycles. The first-order valence-corrected chi connectivity index (χ1v) is 8.90. The smallest absolute Gasteiger partial charge is 0.179 e. The lowest BCUT2D eigenvalue weighted by Crippen LogP contribution is -2.36. The molecular formula is C15H19N3OSSi. The molecule has 3 aromatic rings. The first-order valence-electron chi connectivity index (χ1n) is 7.02. The van der Waals surface area contributed by atoms with E-state index in [-0.39, 0.29) is 5.22 Å². The van der Waals surface area contributed by atoms with E-state index in [4.69, 9.17) is 4.74 Å². The molecule has 0 unspecified atom stereocenters. The molecule has 3 rings (SSSR count). The molecule has 0 aliphatic heterocycles. The van der Waals surface area contributed by atoms with Gasteiger partial charge < -0.3 is 14.5 Å². The fourth-order valence-corrected chi connectivity index (χ4v) is 4.26. The molecule has 0 fully saturated rings. The molecule has 0 saturated carbocycles. The van der Waals surface area contributed by atoms with Gasteiger partial charge in [-0.25, -0.2) is 4.98 Å². The Balaban J connectivity index is 1.96. The maximum atomic E-state index is 6.47. The van der Waals surface area contributed by atoms with Crippen molar-refractivity contribution in [1.82, 2.24) is 14.7 Å². The van der Waals surface area contributed by atoms with E-state index in [2.05, 4.69) is 27.8 Å². The van der Waals surface area contributed by atoms with Crippen LogP contribution in [0.5, 0.6) is 5.75 Å². The summed E-state index contributed by atoms with van der Waals surface area (Å²) in [5, 5.41) is 5.12. The zero-order valence-electron chi connectivity index (χ0n) is 12.2. The van der Waals surface area contributed by atoms with Crippen molar-refractivity contribution in [3.05, 3.63) is 53.1 Å². The Hall–Kier alpha value is -1.63. The van der Waals surface area contributed by atoms with Crippen molar-refractivity contribution < 1.29 is 4.74 Å². The summed E-state index contributed by atoms with van der Waals surface area (Å²) < 4.78 is 8.46. The Morgan fingerprint density at radius 3 is 3.05 bits per heavy atom. The largest absolute Gasteiger partial charge is 0.483 e. The summed E-state index contributed by atoms with van der Waals surface area (Å²) >= 11 is 1.76. The van der Waals surface area contributed by atoms with E-state index in [0.717, 1.165) is 34.6 Å². The maximum absolute atomic E-state index is 6.47. The van der Waals surface area contributed by atoms with Crippen LogP contribution in [0.1, 0.15) is 11.3 Å². The first-order chi connectivity index (χ1) is 10.2. The monoisotopic (exact) mass is 317 g/mol. The van der Waals surface area contributed by atoms with Crippen molar-refractivity contribution in [2.75, 3.05) is 13.6 Å². The Morgan fingerprint density at radius 1 is 1.38 bits per heavy atom. The highest BCUT2D eigenvalue weighted by atomic mass is 32.1. The van der Waals surface area contributed by atoms with Crippen LogP contribution in [-0.4, -0.2) is 33.2 Å². The number of fused-ring (bicyclic) bond motifs is 1. The number of nitrogens with one attached hydrogen (secondary N) is 1. The second-order valence-electron chi connectivity index (χ2n) is 5.19. The number of hydrogen-bond acceptors (Lipinski definition) is 4. The van der Waals surface area contributed by atoms with Crippen LogP contribution < -0.4 is 10.1 Å². The van der Waals surface area contributed by atoms with Gasteiger partial charge in [-0.3, -0.25) is 0 Å². The third kappa shape index (κ3) is 2.88. The Kier molecular flexibility index (Phi) is 4.09. The minimum Gasteiger partial charge on any atom is -0.483 e. The van der Waals surface area contributed by atoms with Gasteiger partial charge in [0.25, 0.3) is 0 Å². The molecule has 0 bridgehead atoms. The van der Waals surface area contributed by atoms with Crippen LogP contribution in [0.2, 0.25) is 0 Å². The van der Waals surface area contributed by atoms with E-state index in [1.807, 2.05) is 36.0 Å². The van der Waals surface area contributed by atoms with Gasteiger partial charge in [-0.05, 0) is 37.2 Å². The average Bonchev–Trinajstić information content (AvgIpc) is 3.16. The van der Waals surface area contributed by atoms with Gasteiger partial charge in [0.15, 0.2) is 11.4 Å². The second kappa shape index (κ2) is 6.01. The number of imidazole rings is 1. The number of aromatic nitrogens is 2. The van der Waals surface area contributed by atoms with Crippen LogP contribution in [-0.2, 0) is 5.22 Å². The molecule has 0 aliphatic rings. The van der Waals surface area contributed by atoms with Crippen LogP contribution in [0.25, 0.3) is 5.65 Å². The van der Waals surface area contributed by atoms with E-state index in [9.17, 15) is 0 Å². The maximum Gasteiger partial charge on any atom is 0.179 e. The van der Waals surface area contributed by atoms with Crippen LogP contribution in [0.4, 0.5) is 0 Å². The summed E-state index contributed by atoms with van der Waals surface area (Å²) in [6.45, 7) is 0.930. The zero-order valence-corrected chi connectivity index (χ0v) is 15.1. The summed E-state index contributed by atoms with van der Waals surface area (Å²) in [7, 11) is 2.89. The highest BCUT2D eigenvalue weighted by Gasteiger charge is 2.30. The zero-order chi connectivity index (χ0) is 14.7. The minimum atomic E-state index is -0.217. The summed E-state index contributed by atoms with van der Waals surface area (Å²) in [5.41, 5.74) is 0.874. The van der Waals surface area contributed by atoms with Gasteiger partial charge in [-0.2, -0.15) is 0 Å². The van der Waals surface area contributed by atoms with E-state index in [1.54, 1.807) is 17.5 Å². The Morgan fingerprint density at radius 2 is 2.29 bits per heavy atom. The average molecular weight is 317 g/mol.